The Morgan fingerprint density at radius 1 is 1.13 bits per heavy atom. The molecular formula is C16H13F3N2O2. The Bertz CT molecular complexity index is 856. The number of fused-ring (bicyclic) bond motifs is 1. The Balaban J connectivity index is 1.94. The lowest BCUT2D eigenvalue weighted by Crippen LogP contribution is -2.04. The first-order chi connectivity index (χ1) is 10.9. The van der Waals surface area contributed by atoms with Crippen molar-refractivity contribution in [2.45, 2.75) is 12.8 Å². The van der Waals surface area contributed by atoms with E-state index in [2.05, 4.69) is 4.98 Å². The molecule has 3 rings (SSSR count). The quantitative estimate of drug-likeness (QED) is 0.796. The summed E-state index contributed by atoms with van der Waals surface area (Å²) in [6.07, 6.45) is -4.42. The van der Waals surface area contributed by atoms with Gasteiger partial charge in [0.25, 0.3) is 0 Å². The van der Waals surface area contributed by atoms with Gasteiger partial charge in [-0.05, 0) is 30.3 Å². The summed E-state index contributed by atoms with van der Waals surface area (Å²) in [6, 6.07) is 9.68. The number of imidazole rings is 1. The molecular weight excluding hydrogens is 309 g/mol. The van der Waals surface area contributed by atoms with Crippen molar-refractivity contribution in [1.82, 2.24) is 9.55 Å². The van der Waals surface area contributed by atoms with Crippen molar-refractivity contribution in [3.05, 3.63) is 53.9 Å². The summed E-state index contributed by atoms with van der Waals surface area (Å²) in [5.41, 5.74) is 0.630. The number of halogens is 3. The van der Waals surface area contributed by atoms with E-state index in [4.69, 9.17) is 4.74 Å². The summed E-state index contributed by atoms with van der Waals surface area (Å²) in [7, 11) is 1.74. The van der Waals surface area contributed by atoms with Gasteiger partial charge in [0.2, 0.25) is 0 Å². The molecule has 0 atom stereocenters. The van der Waals surface area contributed by atoms with Crippen LogP contribution >= 0.6 is 0 Å². The van der Waals surface area contributed by atoms with Gasteiger partial charge in [0.05, 0.1) is 16.6 Å². The summed E-state index contributed by atoms with van der Waals surface area (Å²) in [5.74, 6) is 0.990. The molecule has 120 valence electrons. The zero-order valence-corrected chi connectivity index (χ0v) is 12.1. The largest absolute Gasteiger partial charge is 0.457 e. The number of aliphatic hydroxyl groups is 1. The van der Waals surface area contributed by atoms with Crippen LogP contribution in [0.2, 0.25) is 0 Å². The minimum Gasteiger partial charge on any atom is -0.457 e. The van der Waals surface area contributed by atoms with E-state index in [0.29, 0.717) is 17.1 Å². The molecule has 0 aliphatic rings. The molecule has 0 radical (unpaired) electrons. The van der Waals surface area contributed by atoms with Crippen LogP contribution in [0.3, 0.4) is 0 Å². The van der Waals surface area contributed by atoms with Crippen molar-refractivity contribution in [3.63, 3.8) is 0 Å². The van der Waals surface area contributed by atoms with Gasteiger partial charge < -0.3 is 14.4 Å². The number of hydrogen-bond donors (Lipinski definition) is 1. The molecule has 0 aliphatic heterocycles. The van der Waals surface area contributed by atoms with Crippen LogP contribution in [0.4, 0.5) is 13.2 Å². The minimum atomic E-state index is -4.42. The molecule has 0 aliphatic carbocycles. The second-order valence-corrected chi connectivity index (χ2v) is 5.02. The van der Waals surface area contributed by atoms with Crippen LogP contribution in [0.1, 0.15) is 11.4 Å². The third kappa shape index (κ3) is 3.00. The molecule has 0 saturated heterocycles. The van der Waals surface area contributed by atoms with Crippen LogP contribution in [0.5, 0.6) is 11.5 Å². The summed E-state index contributed by atoms with van der Waals surface area (Å²) in [4.78, 5) is 4.23. The molecule has 2 aromatic carbocycles. The van der Waals surface area contributed by atoms with Crippen LogP contribution in [0.25, 0.3) is 11.0 Å². The summed E-state index contributed by atoms with van der Waals surface area (Å²) < 4.78 is 45.4. The van der Waals surface area contributed by atoms with Crippen molar-refractivity contribution < 1.29 is 23.0 Å². The zero-order valence-electron chi connectivity index (χ0n) is 12.1. The van der Waals surface area contributed by atoms with E-state index in [-0.39, 0.29) is 12.4 Å². The topological polar surface area (TPSA) is 47.3 Å². The Morgan fingerprint density at radius 3 is 2.57 bits per heavy atom. The van der Waals surface area contributed by atoms with Gasteiger partial charge in [-0.25, -0.2) is 4.98 Å². The normalized spacial score (nSPS) is 11.9. The molecule has 0 bridgehead atoms. The zero-order chi connectivity index (χ0) is 16.6. The Kier molecular flexibility index (Phi) is 3.73. The highest BCUT2D eigenvalue weighted by Gasteiger charge is 2.30. The highest BCUT2D eigenvalue weighted by atomic mass is 19.4. The van der Waals surface area contributed by atoms with E-state index in [1.54, 1.807) is 29.8 Å². The Labute approximate surface area is 129 Å². The predicted molar refractivity (Wildman–Crippen MR) is 78.2 cm³/mol. The summed E-state index contributed by atoms with van der Waals surface area (Å²) in [5, 5.41) is 9.21. The smallest absolute Gasteiger partial charge is 0.416 e. The van der Waals surface area contributed by atoms with E-state index in [0.717, 1.165) is 17.6 Å². The fraction of sp³-hybridized carbons (Fsp3) is 0.188. The molecule has 1 N–H and O–H groups in total. The van der Waals surface area contributed by atoms with Gasteiger partial charge in [0.1, 0.15) is 23.9 Å². The summed E-state index contributed by atoms with van der Waals surface area (Å²) in [6.45, 7) is -0.199. The van der Waals surface area contributed by atoms with Crippen molar-refractivity contribution in [2.24, 2.45) is 7.05 Å². The van der Waals surface area contributed by atoms with Gasteiger partial charge in [-0.15, -0.1) is 0 Å². The van der Waals surface area contributed by atoms with Crippen LogP contribution in [-0.2, 0) is 19.8 Å². The molecule has 0 spiro atoms. The van der Waals surface area contributed by atoms with Crippen molar-refractivity contribution >= 4 is 11.0 Å². The molecule has 0 fully saturated rings. The molecule has 1 aromatic heterocycles. The van der Waals surface area contributed by atoms with Gasteiger partial charge in [0.15, 0.2) is 0 Å². The molecule has 0 amide bonds. The van der Waals surface area contributed by atoms with Crippen molar-refractivity contribution in [3.8, 4) is 11.5 Å². The number of aromatic nitrogens is 2. The average molecular weight is 322 g/mol. The molecule has 0 unspecified atom stereocenters. The van der Waals surface area contributed by atoms with E-state index < -0.39 is 11.7 Å². The first-order valence-corrected chi connectivity index (χ1v) is 6.80. The van der Waals surface area contributed by atoms with Crippen LogP contribution in [0.15, 0.2) is 42.5 Å². The van der Waals surface area contributed by atoms with Crippen LogP contribution in [-0.4, -0.2) is 14.7 Å². The number of aliphatic hydroxyl groups excluding tert-OH is 1. The van der Waals surface area contributed by atoms with E-state index in [1.807, 2.05) is 0 Å². The van der Waals surface area contributed by atoms with Gasteiger partial charge in [0, 0.05) is 13.1 Å². The van der Waals surface area contributed by atoms with E-state index in [1.165, 1.54) is 12.1 Å². The molecule has 7 heteroatoms. The second-order valence-electron chi connectivity index (χ2n) is 5.02. The second kappa shape index (κ2) is 5.58. The third-order valence-corrected chi connectivity index (χ3v) is 3.48. The lowest BCUT2D eigenvalue weighted by atomic mass is 10.2. The molecule has 0 saturated carbocycles. The average Bonchev–Trinajstić information content (AvgIpc) is 2.83. The van der Waals surface area contributed by atoms with Crippen LogP contribution in [0, 0.1) is 0 Å². The van der Waals surface area contributed by atoms with Crippen molar-refractivity contribution in [2.75, 3.05) is 0 Å². The maximum atomic E-state index is 12.7. The maximum Gasteiger partial charge on any atom is 0.416 e. The molecule has 4 nitrogen and oxygen atoms in total. The van der Waals surface area contributed by atoms with Crippen molar-refractivity contribution in [1.29, 1.82) is 0 Å². The Morgan fingerprint density at radius 2 is 1.87 bits per heavy atom. The van der Waals surface area contributed by atoms with Crippen LogP contribution < -0.4 is 4.74 Å². The molecule has 23 heavy (non-hydrogen) atoms. The molecule has 3 aromatic rings. The first-order valence-electron chi connectivity index (χ1n) is 6.80. The monoisotopic (exact) mass is 322 g/mol. The fourth-order valence-electron chi connectivity index (χ4n) is 2.30. The highest BCUT2D eigenvalue weighted by molar-refractivity contribution is 5.77. The lowest BCUT2D eigenvalue weighted by Gasteiger charge is -2.10. The van der Waals surface area contributed by atoms with Gasteiger partial charge in [-0.3, -0.25) is 0 Å². The van der Waals surface area contributed by atoms with E-state index in [9.17, 15) is 18.3 Å². The number of rotatable bonds is 3. The SMILES string of the molecule is Cn1c(CO)nc2ccc(Oc3cccc(C(F)(F)F)c3)cc21. The number of hydrogen-bond acceptors (Lipinski definition) is 3. The number of alkyl halides is 3. The number of nitrogens with zero attached hydrogens (tertiary/aromatic N) is 2. The summed E-state index contributed by atoms with van der Waals surface area (Å²) >= 11 is 0. The predicted octanol–water partition coefficient (Wildman–Crippen LogP) is 3.88. The lowest BCUT2D eigenvalue weighted by molar-refractivity contribution is -0.137. The number of ether oxygens (including phenoxy) is 1. The standard InChI is InChI=1S/C16H13F3N2O2/c1-21-14-8-12(5-6-13(14)20-15(21)9-22)23-11-4-2-3-10(7-11)16(17,18)19/h2-8,22H,9H2,1H3. The third-order valence-electron chi connectivity index (χ3n) is 3.48. The molecule has 1 heterocycles. The van der Waals surface area contributed by atoms with Gasteiger partial charge >= 0.3 is 6.18 Å². The first kappa shape index (κ1) is 15.4. The minimum absolute atomic E-state index is 0.101. The fourth-order valence-corrected chi connectivity index (χ4v) is 2.30. The van der Waals surface area contributed by atoms with E-state index >= 15 is 0 Å². The number of aryl methyl sites for hydroxylation is 1. The highest BCUT2D eigenvalue weighted by Crippen LogP contribution is 2.33. The maximum absolute atomic E-state index is 12.7. The Hall–Kier alpha value is -2.54. The van der Waals surface area contributed by atoms with Gasteiger partial charge in [-0.2, -0.15) is 13.2 Å². The van der Waals surface area contributed by atoms with Gasteiger partial charge in [-0.1, -0.05) is 6.07 Å². The number of benzene rings is 2.